The smallest absolute Gasteiger partial charge is 0.0723 e. The average Bonchev–Trinajstić information content (AvgIpc) is 2.56. The fourth-order valence-electron chi connectivity index (χ4n) is 2.78. The van der Waals surface area contributed by atoms with Crippen molar-refractivity contribution in [1.82, 2.24) is 4.90 Å². The summed E-state index contributed by atoms with van der Waals surface area (Å²) in [4.78, 5) is 2.27. The summed E-state index contributed by atoms with van der Waals surface area (Å²) in [6, 6.07) is 19.8. The van der Waals surface area contributed by atoms with E-state index in [2.05, 4.69) is 91.8 Å². The Bertz CT molecular complexity index is 667. The summed E-state index contributed by atoms with van der Waals surface area (Å²) in [5.41, 5.74) is 5.30. The van der Waals surface area contributed by atoms with E-state index >= 15 is 0 Å². The Morgan fingerprint density at radius 1 is 0.952 bits per heavy atom. The van der Waals surface area contributed by atoms with Crippen molar-refractivity contribution in [2.24, 2.45) is 0 Å². The van der Waals surface area contributed by atoms with Gasteiger partial charge in [0.15, 0.2) is 0 Å². The second kappa shape index (κ2) is 6.01. The van der Waals surface area contributed by atoms with Crippen molar-refractivity contribution in [3.05, 3.63) is 84.1 Å². The van der Waals surface area contributed by atoms with E-state index in [0.29, 0.717) is 6.04 Å². The van der Waals surface area contributed by atoms with Crippen LogP contribution in [0.2, 0.25) is 0 Å². The Morgan fingerprint density at radius 2 is 1.71 bits per heavy atom. The predicted molar refractivity (Wildman–Crippen MR) is 89.9 cm³/mol. The molecule has 0 bridgehead atoms. The summed E-state index contributed by atoms with van der Waals surface area (Å²) in [5, 5.41) is 0. The minimum atomic E-state index is 0.327. The zero-order valence-corrected chi connectivity index (χ0v) is 12.7. The van der Waals surface area contributed by atoms with Gasteiger partial charge in [-0.15, -0.1) is 0 Å². The van der Waals surface area contributed by atoms with E-state index in [1.165, 1.54) is 22.3 Å². The van der Waals surface area contributed by atoms with E-state index in [0.717, 1.165) is 6.42 Å². The van der Waals surface area contributed by atoms with E-state index in [9.17, 15) is 0 Å². The standard InChI is InChI=1S/C20H21N/c1-3-16-12-13-21(2)20(14-16)19-11-7-10-18(15-19)17-8-5-4-6-9-17/h4-15,20H,3H2,1-2H3. The normalized spacial score (nSPS) is 17.7. The maximum Gasteiger partial charge on any atom is 0.0723 e. The molecule has 0 fully saturated rings. The molecule has 106 valence electrons. The van der Waals surface area contributed by atoms with Crippen molar-refractivity contribution >= 4 is 0 Å². The lowest BCUT2D eigenvalue weighted by molar-refractivity contribution is 0.387. The van der Waals surface area contributed by atoms with Gasteiger partial charge in [-0.25, -0.2) is 0 Å². The summed E-state index contributed by atoms with van der Waals surface area (Å²) in [7, 11) is 2.14. The molecular weight excluding hydrogens is 254 g/mol. The molecule has 0 aliphatic carbocycles. The van der Waals surface area contributed by atoms with Crippen LogP contribution in [0.15, 0.2) is 78.5 Å². The van der Waals surface area contributed by atoms with Gasteiger partial charge in [-0.1, -0.05) is 61.5 Å². The lowest BCUT2D eigenvalue weighted by atomic mass is 9.95. The first kappa shape index (κ1) is 13.7. The van der Waals surface area contributed by atoms with E-state index in [1.54, 1.807) is 0 Å². The third kappa shape index (κ3) is 2.92. The van der Waals surface area contributed by atoms with Crippen molar-refractivity contribution in [2.75, 3.05) is 7.05 Å². The van der Waals surface area contributed by atoms with E-state index in [-0.39, 0.29) is 0 Å². The summed E-state index contributed by atoms with van der Waals surface area (Å²) in [6.07, 6.45) is 7.83. The maximum absolute atomic E-state index is 2.37. The van der Waals surface area contributed by atoms with Crippen LogP contribution in [-0.4, -0.2) is 11.9 Å². The number of hydrogen-bond donors (Lipinski definition) is 0. The molecule has 0 spiro atoms. The van der Waals surface area contributed by atoms with Crippen LogP contribution in [0.5, 0.6) is 0 Å². The molecular formula is C20H21N. The molecule has 1 heterocycles. The van der Waals surface area contributed by atoms with Crippen LogP contribution < -0.4 is 0 Å². The van der Waals surface area contributed by atoms with Gasteiger partial charge in [0, 0.05) is 7.05 Å². The topological polar surface area (TPSA) is 3.24 Å². The molecule has 0 radical (unpaired) electrons. The number of hydrogen-bond acceptors (Lipinski definition) is 1. The lowest BCUT2D eigenvalue weighted by Crippen LogP contribution is -2.20. The third-order valence-electron chi connectivity index (χ3n) is 4.08. The molecule has 1 atom stereocenters. The van der Waals surface area contributed by atoms with Crippen molar-refractivity contribution < 1.29 is 0 Å². The first-order valence-corrected chi connectivity index (χ1v) is 7.54. The molecule has 1 unspecified atom stereocenters. The number of rotatable bonds is 3. The van der Waals surface area contributed by atoms with E-state index in [4.69, 9.17) is 0 Å². The Balaban J connectivity index is 1.97. The van der Waals surface area contributed by atoms with Crippen molar-refractivity contribution in [1.29, 1.82) is 0 Å². The first-order chi connectivity index (χ1) is 10.3. The predicted octanol–water partition coefficient (Wildman–Crippen LogP) is 5.19. The first-order valence-electron chi connectivity index (χ1n) is 7.54. The Hall–Kier alpha value is -2.28. The summed E-state index contributed by atoms with van der Waals surface area (Å²) in [5.74, 6) is 0. The van der Waals surface area contributed by atoms with Crippen LogP contribution in [0.3, 0.4) is 0 Å². The fraction of sp³-hybridized carbons (Fsp3) is 0.200. The van der Waals surface area contributed by atoms with E-state index in [1.807, 2.05) is 0 Å². The molecule has 0 amide bonds. The van der Waals surface area contributed by atoms with Gasteiger partial charge in [-0.2, -0.15) is 0 Å². The van der Waals surface area contributed by atoms with Gasteiger partial charge < -0.3 is 4.90 Å². The molecule has 1 nitrogen and oxygen atoms in total. The van der Waals surface area contributed by atoms with Crippen LogP contribution in [-0.2, 0) is 0 Å². The van der Waals surface area contributed by atoms with Crippen LogP contribution in [0.4, 0.5) is 0 Å². The molecule has 21 heavy (non-hydrogen) atoms. The molecule has 0 saturated carbocycles. The highest BCUT2D eigenvalue weighted by molar-refractivity contribution is 5.64. The van der Waals surface area contributed by atoms with Crippen molar-refractivity contribution in [3.8, 4) is 11.1 Å². The monoisotopic (exact) mass is 275 g/mol. The summed E-state index contributed by atoms with van der Waals surface area (Å²) < 4.78 is 0. The largest absolute Gasteiger partial charge is 0.370 e. The van der Waals surface area contributed by atoms with E-state index < -0.39 is 0 Å². The fourth-order valence-corrected chi connectivity index (χ4v) is 2.78. The number of nitrogens with zero attached hydrogens (tertiary/aromatic N) is 1. The second-order valence-electron chi connectivity index (χ2n) is 5.51. The van der Waals surface area contributed by atoms with Crippen LogP contribution >= 0.6 is 0 Å². The number of likely N-dealkylation sites (N-methyl/N-ethyl adjacent to an activating group) is 1. The minimum absolute atomic E-state index is 0.327. The van der Waals surface area contributed by atoms with Crippen LogP contribution in [0, 0.1) is 0 Å². The highest BCUT2D eigenvalue weighted by atomic mass is 15.1. The van der Waals surface area contributed by atoms with Gasteiger partial charge in [-0.3, -0.25) is 0 Å². The minimum Gasteiger partial charge on any atom is -0.370 e. The van der Waals surface area contributed by atoms with Crippen LogP contribution in [0.25, 0.3) is 11.1 Å². The van der Waals surface area contributed by atoms with Gasteiger partial charge in [0.2, 0.25) is 0 Å². The molecule has 0 aromatic heterocycles. The van der Waals surface area contributed by atoms with Gasteiger partial charge in [0.05, 0.1) is 6.04 Å². The molecule has 1 heteroatoms. The Morgan fingerprint density at radius 3 is 2.48 bits per heavy atom. The Labute approximate surface area is 127 Å². The van der Waals surface area contributed by atoms with Gasteiger partial charge in [0.25, 0.3) is 0 Å². The summed E-state index contributed by atoms with van der Waals surface area (Å²) >= 11 is 0. The lowest BCUT2D eigenvalue weighted by Gasteiger charge is -2.29. The molecule has 2 aromatic rings. The Kier molecular flexibility index (Phi) is 3.92. The molecule has 0 N–H and O–H groups in total. The third-order valence-corrected chi connectivity index (χ3v) is 4.08. The summed E-state index contributed by atoms with van der Waals surface area (Å²) in [6.45, 7) is 2.21. The molecule has 3 rings (SSSR count). The molecule has 2 aromatic carbocycles. The molecule has 0 saturated heterocycles. The molecule has 1 aliphatic rings. The SMILES string of the molecule is CCC1=CC(c2cccc(-c3ccccc3)c2)N(C)C=C1. The average molecular weight is 275 g/mol. The quantitative estimate of drug-likeness (QED) is 0.745. The number of allylic oxidation sites excluding steroid dienone is 2. The van der Waals surface area contributed by atoms with Gasteiger partial charge in [0.1, 0.15) is 0 Å². The van der Waals surface area contributed by atoms with Crippen LogP contribution in [0.1, 0.15) is 24.9 Å². The highest BCUT2D eigenvalue weighted by Gasteiger charge is 2.16. The maximum atomic E-state index is 2.37. The zero-order chi connectivity index (χ0) is 14.7. The van der Waals surface area contributed by atoms with Gasteiger partial charge in [-0.05, 0) is 47.0 Å². The second-order valence-corrected chi connectivity index (χ2v) is 5.51. The highest BCUT2D eigenvalue weighted by Crippen LogP contribution is 2.30. The van der Waals surface area contributed by atoms with Crippen molar-refractivity contribution in [2.45, 2.75) is 19.4 Å². The molecule has 1 aliphatic heterocycles. The number of benzene rings is 2. The zero-order valence-electron chi connectivity index (χ0n) is 12.7. The van der Waals surface area contributed by atoms with Gasteiger partial charge >= 0.3 is 0 Å². The van der Waals surface area contributed by atoms with Crippen molar-refractivity contribution in [3.63, 3.8) is 0 Å².